The smallest absolute Gasteiger partial charge is 0.281 e. The van der Waals surface area contributed by atoms with E-state index in [2.05, 4.69) is 51.5 Å². The summed E-state index contributed by atoms with van der Waals surface area (Å²) in [7, 11) is 0. The van der Waals surface area contributed by atoms with Gasteiger partial charge in [0.15, 0.2) is 0 Å². The van der Waals surface area contributed by atoms with E-state index in [0.29, 0.717) is 16.8 Å². The monoisotopic (exact) mass is 504 g/mol. The lowest BCUT2D eigenvalue weighted by Crippen LogP contribution is -2.16. The summed E-state index contributed by atoms with van der Waals surface area (Å²) in [6, 6.07) is 29.1. The molecule has 0 aliphatic rings. The number of rotatable bonds is 6. The molecule has 37 heavy (non-hydrogen) atoms. The Bertz CT molecular complexity index is 1850. The zero-order valence-corrected chi connectivity index (χ0v) is 20.3. The SMILES string of the molecule is O=C(N/N=C\c1cn(Cc2ccc3ccccc3c2)c2ccccc12)c1cc2cc([N+](=O)[O-])ccc2s1. The molecular weight excluding hydrogens is 484 g/mol. The van der Waals surface area contributed by atoms with Crippen molar-refractivity contribution in [3.05, 3.63) is 123 Å². The highest BCUT2D eigenvalue weighted by Gasteiger charge is 2.13. The Morgan fingerprint density at radius 3 is 2.62 bits per heavy atom. The Balaban J connectivity index is 1.23. The Morgan fingerprint density at radius 2 is 1.76 bits per heavy atom. The molecule has 2 heterocycles. The van der Waals surface area contributed by atoms with Crippen LogP contribution in [0.5, 0.6) is 0 Å². The molecule has 7 nitrogen and oxygen atoms in total. The van der Waals surface area contributed by atoms with Crippen LogP contribution in [0.25, 0.3) is 31.8 Å². The fraction of sp³-hybridized carbons (Fsp3) is 0.0345. The van der Waals surface area contributed by atoms with E-state index >= 15 is 0 Å². The van der Waals surface area contributed by atoms with Gasteiger partial charge in [-0.05, 0) is 40.6 Å². The largest absolute Gasteiger partial charge is 0.342 e. The molecule has 0 saturated heterocycles. The average molecular weight is 505 g/mol. The molecule has 0 atom stereocenters. The molecule has 180 valence electrons. The number of hydrogen-bond acceptors (Lipinski definition) is 5. The van der Waals surface area contributed by atoms with Gasteiger partial charge in [0.2, 0.25) is 0 Å². The van der Waals surface area contributed by atoms with Crippen LogP contribution in [-0.2, 0) is 6.54 Å². The van der Waals surface area contributed by atoms with Gasteiger partial charge in [0, 0.05) is 51.4 Å². The van der Waals surface area contributed by atoms with Gasteiger partial charge >= 0.3 is 0 Å². The molecule has 0 bridgehead atoms. The van der Waals surface area contributed by atoms with E-state index in [1.807, 2.05) is 36.5 Å². The fourth-order valence-electron chi connectivity index (χ4n) is 4.51. The number of para-hydroxylation sites is 1. The van der Waals surface area contributed by atoms with Crippen LogP contribution in [0.15, 0.2) is 102 Å². The van der Waals surface area contributed by atoms with Crippen LogP contribution in [0.3, 0.4) is 0 Å². The summed E-state index contributed by atoms with van der Waals surface area (Å²) >= 11 is 1.27. The first-order chi connectivity index (χ1) is 18.0. The second kappa shape index (κ2) is 9.33. The molecule has 0 saturated carbocycles. The maximum Gasteiger partial charge on any atom is 0.281 e. The fourth-order valence-corrected chi connectivity index (χ4v) is 5.45. The number of fused-ring (bicyclic) bond motifs is 3. The highest BCUT2D eigenvalue weighted by molar-refractivity contribution is 7.20. The zero-order chi connectivity index (χ0) is 25.4. The van der Waals surface area contributed by atoms with Crippen LogP contribution < -0.4 is 5.43 Å². The maximum atomic E-state index is 12.7. The van der Waals surface area contributed by atoms with E-state index in [1.165, 1.54) is 39.8 Å². The number of hydrogen-bond donors (Lipinski definition) is 1. The van der Waals surface area contributed by atoms with Gasteiger partial charge in [-0.2, -0.15) is 5.10 Å². The summed E-state index contributed by atoms with van der Waals surface area (Å²) in [6.45, 7) is 0.708. The molecule has 4 aromatic carbocycles. The molecular formula is C29H20N4O3S. The van der Waals surface area contributed by atoms with Crippen LogP contribution in [0, 0.1) is 10.1 Å². The van der Waals surface area contributed by atoms with E-state index in [1.54, 1.807) is 18.3 Å². The highest BCUT2D eigenvalue weighted by Crippen LogP contribution is 2.29. The zero-order valence-electron chi connectivity index (χ0n) is 19.5. The Kier molecular flexibility index (Phi) is 5.71. The third-order valence-electron chi connectivity index (χ3n) is 6.29. The summed E-state index contributed by atoms with van der Waals surface area (Å²) in [5.74, 6) is -0.361. The first-order valence-electron chi connectivity index (χ1n) is 11.6. The number of thiophene rings is 1. The predicted octanol–water partition coefficient (Wildman–Crippen LogP) is 6.73. The molecule has 1 N–H and O–H groups in total. The van der Waals surface area contributed by atoms with Crippen LogP contribution in [0.2, 0.25) is 0 Å². The number of hydrazone groups is 1. The van der Waals surface area contributed by atoms with Gasteiger partial charge in [-0.25, -0.2) is 5.43 Å². The number of amides is 1. The molecule has 0 radical (unpaired) electrons. The first-order valence-corrected chi connectivity index (χ1v) is 12.4. The third kappa shape index (κ3) is 4.46. The van der Waals surface area contributed by atoms with Gasteiger partial charge in [0.25, 0.3) is 11.6 Å². The van der Waals surface area contributed by atoms with Gasteiger partial charge < -0.3 is 4.57 Å². The average Bonchev–Trinajstić information content (AvgIpc) is 3.50. The molecule has 2 aromatic heterocycles. The number of benzene rings is 4. The summed E-state index contributed by atoms with van der Waals surface area (Å²) in [5, 5.41) is 19.3. The molecule has 0 aliphatic heterocycles. The third-order valence-corrected chi connectivity index (χ3v) is 7.41. The quantitative estimate of drug-likeness (QED) is 0.155. The minimum atomic E-state index is -0.447. The predicted molar refractivity (Wildman–Crippen MR) is 149 cm³/mol. The lowest BCUT2D eigenvalue weighted by Gasteiger charge is -2.07. The minimum absolute atomic E-state index is 0.00430. The Morgan fingerprint density at radius 1 is 0.946 bits per heavy atom. The van der Waals surface area contributed by atoms with E-state index in [-0.39, 0.29) is 11.6 Å². The maximum absolute atomic E-state index is 12.7. The van der Waals surface area contributed by atoms with Crippen LogP contribution in [-0.4, -0.2) is 21.6 Å². The number of carbonyl (C=O) groups excluding carboxylic acids is 1. The summed E-state index contributed by atoms with van der Waals surface area (Å²) in [6.07, 6.45) is 3.68. The summed E-state index contributed by atoms with van der Waals surface area (Å²) in [5.41, 5.74) is 5.75. The topological polar surface area (TPSA) is 89.5 Å². The number of carbonyl (C=O) groups is 1. The second-order valence-corrected chi connectivity index (χ2v) is 9.78. The molecule has 0 fully saturated rings. The van der Waals surface area contributed by atoms with E-state index in [4.69, 9.17) is 0 Å². The van der Waals surface area contributed by atoms with Crippen LogP contribution >= 0.6 is 11.3 Å². The van der Waals surface area contributed by atoms with Crippen molar-refractivity contribution in [1.82, 2.24) is 9.99 Å². The molecule has 6 aromatic rings. The van der Waals surface area contributed by atoms with Crippen molar-refractivity contribution in [3.8, 4) is 0 Å². The second-order valence-electron chi connectivity index (χ2n) is 8.70. The van der Waals surface area contributed by atoms with E-state index < -0.39 is 4.92 Å². The number of aromatic nitrogens is 1. The number of nitro benzene ring substituents is 1. The molecule has 0 aliphatic carbocycles. The van der Waals surface area contributed by atoms with Gasteiger partial charge in [-0.1, -0.05) is 54.6 Å². The van der Waals surface area contributed by atoms with Gasteiger partial charge in [0.05, 0.1) is 16.0 Å². The van der Waals surface area contributed by atoms with E-state index in [0.717, 1.165) is 21.2 Å². The molecule has 0 spiro atoms. The van der Waals surface area contributed by atoms with Gasteiger partial charge in [-0.15, -0.1) is 11.3 Å². The first kappa shape index (κ1) is 22.6. The van der Waals surface area contributed by atoms with Gasteiger partial charge in [-0.3, -0.25) is 14.9 Å². The standard InChI is InChI=1S/C29H20N4O3S/c34-29(28-15-22-14-24(33(35)36)11-12-27(22)37-28)31-30-16-23-18-32(26-8-4-3-7-25(23)26)17-19-9-10-20-5-1-2-6-21(20)13-19/h1-16,18H,17H2,(H,31,34)/b30-16-. The molecule has 8 heteroatoms. The minimum Gasteiger partial charge on any atom is -0.342 e. The van der Waals surface area contributed by atoms with Crippen molar-refractivity contribution in [1.29, 1.82) is 0 Å². The van der Waals surface area contributed by atoms with Crippen molar-refractivity contribution in [3.63, 3.8) is 0 Å². The molecule has 1 amide bonds. The van der Waals surface area contributed by atoms with Crippen molar-refractivity contribution in [2.24, 2.45) is 5.10 Å². The summed E-state index contributed by atoms with van der Waals surface area (Å²) < 4.78 is 2.98. The van der Waals surface area contributed by atoms with Crippen LogP contribution in [0.1, 0.15) is 20.8 Å². The lowest BCUT2D eigenvalue weighted by atomic mass is 10.1. The van der Waals surface area contributed by atoms with Crippen molar-refractivity contribution in [2.75, 3.05) is 0 Å². The van der Waals surface area contributed by atoms with Crippen LogP contribution in [0.4, 0.5) is 5.69 Å². The van der Waals surface area contributed by atoms with Crippen molar-refractivity contribution in [2.45, 2.75) is 6.54 Å². The summed E-state index contributed by atoms with van der Waals surface area (Å²) in [4.78, 5) is 23.7. The Hall–Kier alpha value is -4.82. The van der Waals surface area contributed by atoms with E-state index in [9.17, 15) is 14.9 Å². The normalized spacial score (nSPS) is 11.6. The lowest BCUT2D eigenvalue weighted by molar-refractivity contribution is -0.384. The molecule has 0 unspecified atom stereocenters. The number of non-ortho nitro benzene ring substituents is 1. The number of nitrogens with one attached hydrogen (secondary N) is 1. The highest BCUT2D eigenvalue weighted by atomic mass is 32.1. The van der Waals surface area contributed by atoms with Gasteiger partial charge in [0.1, 0.15) is 0 Å². The number of nitrogens with zero attached hydrogens (tertiary/aromatic N) is 3. The van der Waals surface area contributed by atoms with Crippen molar-refractivity contribution >= 4 is 60.9 Å². The number of nitro groups is 1. The molecule has 6 rings (SSSR count). The van der Waals surface area contributed by atoms with Crippen molar-refractivity contribution < 1.29 is 9.72 Å². The Labute approximate surface area is 215 Å².